The molecular formula is C11H10BrN3O. The first-order valence-corrected chi connectivity index (χ1v) is 5.53. The molecule has 0 saturated carbocycles. The fourth-order valence-corrected chi connectivity index (χ4v) is 1.63. The Labute approximate surface area is 101 Å². The lowest BCUT2D eigenvalue weighted by Gasteiger charge is -2.04. The van der Waals surface area contributed by atoms with E-state index in [9.17, 15) is 4.79 Å². The standard InChI is InChI=1S/C11H10BrN3O/c1-7-2-3-8(6-9(7)12)11(16)14-10-4-5-13-15-10/h2-6H,1H3,(H2,13,14,15,16). The van der Waals surface area contributed by atoms with Crippen LogP contribution < -0.4 is 5.32 Å². The summed E-state index contributed by atoms with van der Waals surface area (Å²) in [6, 6.07) is 7.17. The van der Waals surface area contributed by atoms with E-state index in [2.05, 4.69) is 31.4 Å². The molecule has 2 aromatic rings. The molecule has 0 radical (unpaired) electrons. The van der Waals surface area contributed by atoms with E-state index in [-0.39, 0.29) is 5.91 Å². The molecule has 2 N–H and O–H groups in total. The van der Waals surface area contributed by atoms with Gasteiger partial charge in [-0.05, 0) is 24.6 Å². The summed E-state index contributed by atoms with van der Waals surface area (Å²) in [6.45, 7) is 1.97. The van der Waals surface area contributed by atoms with Gasteiger partial charge in [0.2, 0.25) is 0 Å². The molecule has 0 aliphatic rings. The normalized spacial score (nSPS) is 10.1. The highest BCUT2D eigenvalue weighted by molar-refractivity contribution is 9.10. The van der Waals surface area contributed by atoms with Crippen molar-refractivity contribution in [2.45, 2.75) is 6.92 Å². The van der Waals surface area contributed by atoms with Gasteiger partial charge in [-0.3, -0.25) is 9.89 Å². The van der Waals surface area contributed by atoms with E-state index in [1.54, 1.807) is 24.4 Å². The molecule has 0 atom stereocenters. The Morgan fingerprint density at radius 1 is 1.44 bits per heavy atom. The molecule has 1 amide bonds. The number of halogens is 1. The maximum absolute atomic E-state index is 11.8. The number of aromatic nitrogens is 2. The third-order valence-electron chi connectivity index (χ3n) is 2.18. The maximum Gasteiger partial charge on any atom is 0.256 e. The number of hydrogen-bond acceptors (Lipinski definition) is 2. The number of hydrogen-bond donors (Lipinski definition) is 2. The van der Waals surface area contributed by atoms with Crippen LogP contribution in [0.3, 0.4) is 0 Å². The molecule has 0 fully saturated rings. The van der Waals surface area contributed by atoms with Crippen LogP contribution in [0.2, 0.25) is 0 Å². The number of nitrogens with zero attached hydrogens (tertiary/aromatic N) is 1. The lowest BCUT2D eigenvalue weighted by molar-refractivity contribution is 0.102. The number of anilines is 1. The van der Waals surface area contributed by atoms with E-state index in [0.29, 0.717) is 11.4 Å². The van der Waals surface area contributed by atoms with Crippen LogP contribution in [-0.2, 0) is 0 Å². The van der Waals surface area contributed by atoms with E-state index in [0.717, 1.165) is 10.0 Å². The minimum absolute atomic E-state index is 0.162. The van der Waals surface area contributed by atoms with Gasteiger partial charge in [0.05, 0.1) is 6.20 Å². The quantitative estimate of drug-likeness (QED) is 0.888. The molecule has 82 valence electrons. The van der Waals surface area contributed by atoms with Crippen LogP contribution in [0.5, 0.6) is 0 Å². The second-order valence-electron chi connectivity index (χ2n) is 3.39. The third kappa shape index (κ3) is 2.30. The van der Waals surface area contributed by atoms with E-state index >= 15 is 0 Å². The Hall–Kier alpha value is -1.62. The minimum atomic E-state index is -0.162. The third-order valence-corrected chi connectivity index (χ3v) is 3.04. The molecule has 0 aliphatic carbocycles. The van der Waals surface area contributed by atoms with Crippen LogP contribution in [0.4, 0.5) is 5.82 Å². The van der Waals surface area contributed by atoms with Gasteiger partial charge in [0.25, 0.3) is 5.91 Å². The molecule has 0 spiro atoms. The summed E-state index contributed by atoms with van der Waals surface area (Å²) in [5.74, 6) is 0.423. The van der Waals surface area contributed by atoms with Crippen molar-refractivity contribution in [2.75, 3.05) is 5.32 Å². The number of benzene rings is 1. The number of aromatic amines is 1. The summed E-state index contributed by atoms with van der Waals surface area (Å²) in [5, 5.41) is 9.13. The SMILES string of the molecule is Cc1ccc(C(=O)Nc2ccn[nH]2)cc1Br. The van der Waals surface area contributed by atoms with Gasteiger partial charge < -0.3 is 5.32 Å². The van der Waals surface area contributed by atoms with E-state index < -0.39 is 0 Å². The molecule has 0 unspecified atom stereocenters. The maximum atomic E-state index is 11.8. The van der Waals surface area contributed by atoms with Gasteiger partial charge in [-0.2, -0.15) is 5.10 Å². The van der Waals surface area contributed by atoms with E-state index in [4.69, 9.17) is 0 Å². The number of nitrogens with one attached hydrogen (secondary N) is 2. The summed E-state index contributed by atoms with van der Waals surface area (Å²) >= 11 is 3.39. The van der Waals surface area contributed by atoms with Gasteiger partial charge in [-0.25, -0.2) is 0 Å². The molecule has 0 saturated heterocycles. The van der Waals surface area contributed by atoms with Crippen LogP contribution >= 0.6 is 15.9 Å². The van der Waals surface area contributed by atoms with E-state index in [1.165, 1.54) is 0 Å². The fraction of sp³-hybridized carbons (Fsp3) is 0.0909. The molecule has 0 bridgehead atoms. The summed E-state index contributed by atoms with van der Waals surface area (Å²) in [6.07, 6.45) is 1.58. The highest BCUT2D eigenvalue weighted by Gasteiger charge is 2.07. The smallest absolute Gasteiger partial charge is 0.256 e. The molecule has 2 rings (SSSR count). The molecule has 1 aromatic carbocycles. The van der Waals surface area contributed by atoms with Crippen molar-refractivity contribution in [3.63, 3.8) is 0 Å². The Bertz CT molecular complexity index is 508. The van der Waals surface area contributed by atoms with Crippen LogP contribution in [0.1, 0.15) is 15.9 Å². The lowest BCUT2D eigenvalue weighted by Crippen LogP contribution is -2.12. The fourth-order valence-electron chi connectivity index (χ4n) is 1.25. The highest BCUT2D eigenvalue weighted by atomic mass is 79.9. The topological polar surface area (TPSA) is 57.8 Å². The van der Waals surface area contributed by atoms with Crippen molar-refractivity contribution < 1.29 is 4.79 Å². The predicted molar refractivity (Wildman–Crippen MR) is 65.4 cm³/mol. The van der Waals surface area contributed by atoms with Crippen molar-refractivity contribution in [3.05, 3.63) is 46.1 Å². The number of rotatable bonds is 2. The van der Waals surface area contributed by atoms with Crippen LogP contribution in [-0.4, -0.2) is 16.1 Å². The Balaban J connectivity index is 2.18. The minimum Gasteiger partial charge on any atom is -0.307 e. The van der Waals surface area contributed by atoms with Crippen molar-refractivity contribution in [2.24, 2.45) is 0 Å². The zero-order valence-corrected chi connectivity index (χ0v) is 10.2. The summed E-state index contributed by atoms with van der Waals surface area (Å²) in [7, 11) is 0. The number of amides is 1. The summed E-state index contributed by atoms with van der Waals surface area (Å²) in [5.41, 5.74) is 1.70. The number of aryl methyl sites for hydroxylation is 1. The number of carbonyl (C=O) groups excluding carboxylic acids is 1. The first kappa shape index (κ1) is 10.9. The van der Waals surface area contributed by atoms with Gasteiger partial charge in [0.1, 0.15) is 5.82 Å². The number of H-pyrrole nitrogens is 1. The molecular weight excluding hydrogens is 270 g/mol. The van der Waals surface area contributed by atoms with E-state index in [1.807, 2.05) is 13.0 Å². The predicted octanol–water partition coefficient (Wildman–Crippen LogP) is 2.73. The average molecular weight is 280 g/mol. The highest BCUT2D eigenvalue weighted by Crippen LogP contribution is 2.18. The van der Waals surface area contributed by atoms with Crippen LogP contribution in [0.15, 0.2) is 34.9 Å². The summed E-state index contributed by atoms with van der Waals surface area (Å²) < 4.78 is 0.921. The van der Waals surface area contributed by atoms with Crippen molar-refractivity contribution in [1.82, 2.24) is 10.2 Å². The zero-order chi connectivity index (χ0) is 11.5. The largest absolute Gasteiger partial charge is 0.307 e. The monoisotopic (exact) mass is 279 g/mol. The first-order chi connectivity index (χ1) is 7.66. The second kappa shape index (κ2) is 4.49. The molecule has 1 heterocycles. The second-order valence-corrected chi connectivity index (χ2v) is 4.24. The average Bonchev–Trinajstić information content (AvgIpc) is 2.74. The zero-order valence-electron chi connectivity index (χ0n) is 8.62. The molecule has 5 heteroatoms. The molecule has 4 nitrogen and oxygen atoms in total. The van der Waals surface area contributed by atoms with Crippen LogP contribution in [0.25, 0.3) is 0 Å². The van der Waals surface area contributed by atoms with Crippen LogP contribution in [0, 0.1) is 6.92 Å². The molecule has 0 aliphatic heterocycles. The van der Waals surface area contributed by atoms with Crippen molar-refractivity contribution in [1.29, 1.82) is 0 Å². The number of carbonyl (C=O) groups is 1. The summed E-state index contributed by atoms with van der Waals surface area (Å²) in [4.78, 5) is 11.8. The van der Waals surface area contributed by atoms with Gasteiger partial charge in [0, 0.05) is 16.1 Å². The Morgan fingerprint density at radius 3 is 2.88 bits per heavy atom. The van der Waals surface area contributed by atoms with Crippen molar-refractivity contribution in [3.8, 4) is 0 Å². The van der Waals surface area contributed by atoms with Crippen molar-refractivity contribution >= 4 is 27.7 Å². The van der Waals surface area contributed by atoms with Gasteiger partial charge in [-0.1, -0.05) is 22.0 Å². The van der Waals surface area contributed by atoms with Gasteiger partial charge >= 0.3 is 0 Å². The Morgan fingerprint density at radius 2 is 2.25 bits per heavy atom. The first-order valence-electron chi connectivity index (χ1n) is 4.73. The van der Waals surface area contributed by atoms with Gasteiger partial charge in [-0.15, -0.1) is 0 Å². The lowest BCUT2D eigenvalue weighted by atomic mass is 10.1. The molecule has 1 aromatic heterocycles. The Kier molecular flexibility index (Phi) is 3.05. The molecule has 16 heavy (non-hydrogen) atoms. The van der Waals surface area contributed by atoms with Gasteiger partial charge in [0.15, 0.2) is 0 Å².